The van der Waals surface area contributed by atoms with Crippen LogP contribution in [-0.2, 0) is 0 Å². The fraction of sp³-hybridized carbons (Fsp3) is 0.300. The molecule has 17 heavy (non-hydrogen) atoms. The molecule has 1 aromatic heterocycles. The van der Waals surface area contributed by atoms with E-state index in [1.165, 1.54) is 16.8 Å². The van der Waals surface area contributed by atoms with E-state index in [0.29, 0.717) is 5.82 Å². The number of rotatable bonds is 3. The summed E-state index contributed by atoms with van der Waals surface area (Å²) in [6.07, 6.45) is 0. The number of nitrogens with one attached hydrogen (secondary N) is 1. The van der Waals surface area contributed by atoms with Crippen LogP contribution in [0.3, 0.4) is 0 Å². The summed E-state index contributed by atoms with van der Waals surface area (Å²) in [7, 11) is 1.73. The van der Waals surface area contributed by atoms with Gasteiger partial charge in [-0.25, -0.2) is 8.78 Å². The van der Waals surface area contributed by atoms with Gasteiger partial charge in [-0.3, -0.25) is 0 Å². The van der Waals surface area contributed by atoms with Crippen molar-refractivity contribution in [1.82, 2.24) is 25.5 Å². The van der Waals surface area contributed by atoms with Crippen LogP contribution in [0.4, 0.5) is 8.78 Å². The molecule has 1 N–H and O–H groups in total. The summed E-state index contributed by atoms with van der Waals surface area (Å²) in [5.41, 5.74) is -0.00731. The van der Waals surface area contributed by atoms with E-state index in [1.807, 2.05) is 6.92 Å². The van der Waals surface area contributed by atoms with Crippen molar-refractivity contribution < 1.29 is 8.78 Å². The van der Waals surface area contributed by atoms with Crippen LogP contribution >= 0.6 is 0 Å². The summed E-state index contributed by atoms with van der Waals surface area (Å²) in [4.78, 5) is 0. The lowest BCUT2D eigenvalue weighted by Crippen LogP contribution is -2.18. The van der Waals surface area contributed by atoms with Crippen LogP contribution in [0.25, 0.3) is 5.69 Å². The fourth-order valence-corrected chi connectivity index (χ4v) is 1.42. The van der Waals surface area contributed by atoms with Gasteiger partial charge >= 0.3 is 0 Å². The lowest BCUT2D eigenvalue weighted by molar-refractivity contribution is 0.495. The molecular weight excluding hydrogens is 228 g/mol. The van der Waals surface area contributed by atoms with Gasteiger partial charge in [0.25, 0.3) is 0 Å². The van der Waals surface area contributed by atoms with Crippen molar-refractivity contribution in [3.63, 3.8) is 0 Å². The first-order valence-corrected chi connectivity index (χ1v) is 5.05. The average molecular weight is 239 g/mol. The van der Waals surface area contributed by atoms with Crippen molar-refractivity contribution in [2.75, 3.05) is 7.05 Å². The standard InChI is InChI=1S/C10H11F2N5/c1-6(13-2)10-14-15-16-17(10)8-5-3-4-7(11)9(8)12/h3-6,13H,1-2H3. The molecule has 0 spiro atoms. The third kappa shape index (κ3) is 2.01. The average Bonchev–Trinajstić information content (AvgIpc) is 2.80. The Kier molecular flexibility index (Phi) is 3.10. The Morgan fingerprint density at radius 1 is 1.35 bits per heavy atom. The summed E-state index contributed by atoms with van der Waals surface area (Å²) in [6.45, 7) is 1.82. The SMILES string of the molecule is CNC(C)c1nnnn1-c1cccc(F)c1F. The molecule has 1 unspecified atom stereocenters. The first-order valence-electron chi connectivity index (χ1n) is 5.05. The highest BCUT2D eigenvalue weighted by Crippen LogP contribution is 2.18. The molecule has 0 radical (unpaired) electrons. The Morgan fingerprint density at radius 2 is 2.12 bits per heavy atom. The van der Waals surface area contributed by atoms with E-state index in [2.05, 4.69) is 20.8 Å². The molecular formula is C10H11F2N5. The molecule has 0 bridgehead atoms. The van der Waals surface area contributed by atoms with Crippen molar-refractivity contribution in [2.45, 2.75) is 13.0 Å². The molecule has 0 saturated heterocycles. The summed E-state index contributed by atoms with van der Waals surface area (Å²) in [5.74, 6) is -1.48. The summed E-state index contributed by atoms with van der Waals surface area (Å²) in [5, 5.41) is 13.9. The molecule has 0 aliphatic rings. The van der Waals surface area contributed by atoms with Crippen LogP contribution in [0.15, 0.2) is 18.2 Å². The zero-order valence-electron chi connectivity index (χ0n) is 9.35. The van der Waals surface area contributed by atoms with Crippen molar-refractivity contribution >= 4 is 0 Å². The second-order valence-corrected chi connectivity index (χ2v) is 3.53. The zero-order chi connectivity index (χ0) is 12.4. The third-order valence-electron chi connectivity index (χ3n) is 2.47. The molecule has 90 valence electrons. The number of nitrogens with zero attached hydrogens (tertiary/aromatic N) is 4. The molecule has 0 amide bonds. The third-order valence-corrected chi connectivity index (χ3v) is 2.47. The minimum absolute atomic E-state index is 0.00731. The highest BCUT2D eigenvalue weighted by Gasteiger charge is 2.18. The topological polar surface area (TPSA) is 55.6 Å². The minimum atomic E-state index is -0.968. The van der Waals surface area contributed by atoms with E-state index in [-0.39, 0.29) is 11.7 Å². The fourth-order valence-electron chi connectivity index (χ4n) is 1.42. The molecule has 1 aromatic carbocycles. The van der Waals surface area contributed by atoms with E-state index < -0.39 is 11.6 Å². The van der Waals surface area contributed by atoms with Gasteiger partial charge in [-0.15, -0.1) is 5.10 Å². The predicted molar refractivity (Wildman–Crippen MR) is 56.5 cm³/mol. The maximum absolute atomic E-state index is 13.6. The lowest BCUT2D eigenvalue weighted by atomic mass is 10.2. The number of aromatic nitrogens is 4. The van der Waals surface area contributed by atoms with Crippen molar-refractivity contribution in [1.29, 1.82) is 0 Å². The van der Waals surface area contributed by atoms with Crippen LogP contribution in [0, 0.1) is 11.6 Å². The molecule has 1 heterocycles. The monoisotopic (exact) mass is 239 g/mol. The van der Waals surface area contributed by atoms with Gasteiger partial charge in [0.1, 0.15) is 5.69 Å². The Bertz CT molecular complexity index is 525. The first kappa shape index (κ1) is 11.6. The second kappa shape index (κ2) is 4.54. The summed E-state index contributed by atoms with van der Waals surface area (Å²) in [6, 6.07) is 3.70. The Hall–Kier alpha value is -1.89. The van der Waals surface area contributed by atoms with Crippen LogP contribution < -0.4 is 5.32 Å². The molecule has 0 saturated carbocycles. The van der Waals surface area contributed by atoms with Crippen molar-refractivity contribution in [3.05, 3.63) is 35.7 Å². The molecule has 1 atom stereocenters. The van der Waals surface area contributed by atoms with E-state index >= 15 is 0 Å². The van der Waals surface area contributed by atoms with Crippen LogP contribution in [-0.4, -0.2) is 27.3 Å². The molecule has 2 rings (SSSR count). The number of tetrazole rings is 1. The van der Waals surface area contributed by atoms with Crippen LogP contribution in [0.2, 0.25) is 0 Å². The van der Waals surface area contributed by atoms with Gasteiger partial charge in [-0.1, -0.05) is 6.07 Å². The normalized spacial score (nSPS) is 12.7. The second-order valence-electron chi connectivity index (χ2n) is 3.53. The zero-order valence-corrected chi connectivity index (χ0v) is 9.35. The van der Waals surface area contributed by atoms with Gasteiger partial charge in [0.15, 0.2) is 17.5 Å². The largest absolute Gasteiger partial charge is 0.311 e. The molecule has 2 aromatic rings. The quantitative estimate of drug-likeness (QED) is 0.875. The Labute approximate surface area is 96.4 Å². The van der Waals surface area contributed by atoms with Gasteiger partial charge in [0.05, 0.1) is 6.04 Å². The van der Waals surface area contributed by atoms with E-state index in [9.17, 15) is 8.78 Å². The smallest absolute Gasteiger partial charge is 0.184 e. The minimum Gasteiger partial charge on any atom is -0.311 e. The first-order chi connectivity index (χ1) is 8.15. The number of halogens is 2. The summed E-state index contributed by atoms with van der Waals surface area (Å²) < 4.78 is 27.9. The van der Waals surface area contributed by atoms with Crippen LogP contribution in [0.1, 0.15) is 18.8 Å². The lowest BCUT2D eigenvalue weighted by Gasteiger charge is -2.10. The van der Waals surface area contributed by atoms with Gasteiger partial charge in [0, 0.05) is 0 Å². The Morgan fingerprint density at radius 3 is 2.82 bits per heavy atom. The molecule has 0 fully saturated rings. The van der Waals surface area contributed by atoms with Gasteiger partial charge in [-0.2, -0.15) is 4.68 Å². The molecule has 0 aliphatic heterocycles. The van der Waals surface area contributed by atoms with Crippen molar-refractivity contribution in [3.8, 4) is 5.69 Å². The number of benzene rings is 1. The maximum Gasteiger partial charge on any atom is 0.184 e. The molecule has 5 nitrogen and oxygen atoms in total. The van der Waals surface area contributed by atoms with E-state index in [0.717, 1.165) is 6.07 Å². The van der Waals surface area contributed by atoms with Gasteiger partial charge in [-0.05, 0) is 36.5 Å². The number of hydrogen-bond donors (Lipinski definition) is 1. The van der Waals surface area contributed by atoms with Gasteiger partial charge in [0.2, 0.25) is 0 Å². The van der Waals surface area contributed by atoms with E-state index in [4.69, 9.17) is 0 Å². The van der Waals surface area contributed by atoms with Crippen LogP contribution in [0.5, 0.6) is 0 Å². The predicted octanol–water partition coefficient (Wildman–Crippen LogP) is 1.22. The molecule has 0 aliphatic carbocycles. The van der Waals surface area contributed by atoms with Gasteiger partial charge < -0.3 is 5.32 Å². The molecule has 7 heteroatoms. The summed E-state index contributed by atoms with van der Waals surface area (Å²) >= 11 is 0. The van der Waals surface area contributed by atoms with Crippen molar-refractivity contribution in [2.24, 2.45) is 0 Å². The Balaban J connectivity index is 2.54. The maximum atomic E-state index is 13.6. The highest BCUT2D eigenvalue weighted by atomic mass is 19.2. The highest BCUT2D eigenvalue weighted by molar-refractivity contribution is 5.33. The van der Waals surface area contributed by atoms with E-state index in [1.54, 1.807) is 7.05 Å². The number of hydrogen-bond acceptors (Lipinski definition) is 4.